The van der Waals surface area contributed by atoms with Crippen molar-refractivity contribution in [1.82, 2.24) is 20.2 Å². The largest absolute Gasteiger partial charge is 0.338 e. The zero-order chi connectivity index (χ0) is 22.9. The minimum absolute atomic E-state index is 0.0436. The summed E-state index contributed by atoms with van der Waals surface area (Å²) in [4.78, 5) is 25.8. The van der Waals surface area contributed by atoms with Gasteiger partial charge in [-0.2, -0.15) is 0 Å². The first kappa shape index (κ1) is 23.6. The van der Waals surface area contributed by atoms with Crippen molar-refractivity contribution >= 4 is 17.5 Å². The van der Waals surface area contributed by atoms with Gasteiger partial charge in [0.1, 0.15) is 0 Å². The second-order valence-corrected chi connectivity index (χ2v) is 9.54. The fourth-order valence-corrected chi connectivity index (χ4v) is 5.04. The molecule has 2 N–H and O–H groups in total. The number of carbonyl (C=O) groups excluding carboxylic acids is 1. The molecule has 2 aromatic rings. The number of aromatic nitrogens is 2. The molecule has 4 rings (SSSR count). The Morgan fingerprint density at radius 2 is 1.76 bits per heavy atom. The van der Waals surface area contributed by atoms with Crippen LogP contribution < -0.4 is 15.5 Å². The summed E-state index contributed by atoms with van der Waals surface area (Å²) in [5.41, 5.74) is 2.06. The van der Waals surface area contributed by atoms with Crippen molar-refractivity contribution in [2.45, 2.75) is 58.0 Å². The molecule has 1 aliphatic heterocycles. The second kappa shape index (κ2) is 12.1. The standard InChI is InChI=1S/C26H38N6O/c1-21(18-22-8-3-2-4-9-22)29-19-23-10-5-6-11-24(23)30-25(33)20-31-14-16-32(17-15-31)26-27-12-7-13-28-26/h5-7,10-13,21-22,29H,2-4,8-9,14-20H2,1H3,(H,30,33)/t21-/m0/s1. The highest BCUT2D eigenvalue weighted by Crippen LogP contribution is 2.27. The Morgan fingerprint density at radius 1 is 1.03 bits per heavy atom. The van der Waals surface area contributed by atoms with E-state index >= 15 is 0 Å². The molecular formula is C26H38N6O. The molecule has 2 fully saturated rings. The molecule has 1 aromatic carbocycles. The monoisotopic (exact) mass is 450 g/mol. The van der Waals surface area contributed by atoms with Gasteiger partial charge in [-0.25, -0.2) is 9.97 Å². The molecule has 1 atom stereocenters. The average Bonchev–Trinajstić information content (AvgIpc) is 2.85. The van der Waals surface area contributed by atoms with Crippen molar-refractivity contribution in [2.24, 2.45) is 5.92 Å². The number of hydrogen-bond donors (Lipinski definition) is 2. The lowest BCUT2D eigenvalue weighted by molar-refractivity contribution is -0.117. The average molecular weight is 451 g/mol. The van der Waals surface area contributed by atoms with E-state index in [2.05, 4.69) is 43.4 Å². The van der Waals surface area contributed by atoms with E-state index in [-0.39, 0.29) is 5.91 Å². The summed E-state index contributed by atoms with van der Waals surface area (Å²) in [5.74, 6) is 1.67. The minimum Gasteiger partial charge on any atom is -0.338 e. The van der Waals surface area contributed by atoms with Crippen molar-refractivity contribution in [3.05, 3.63) is 48.3 Å². The number of anilines is 2. The maximum absolute atomic E-state index is 12.8. The fraction of sp³-hybridized carbons (Fsp3) is 0.577. The Labute approximate surface area is 198 Å². The highest BCUT2D eigenvalue weighted by Gasteiger charge is 2.21. The predicted octanol–water partition coefficient (Wildman–Crippen LogP) is 3.69. The third-order valence-electron chi connectivity index (χ3n) is 6.92. The van der Waals surface area contributed by atoms with Gasteiger partial charge in [0.15, 0.2) is 0 Å². The van der Waals surface area contributed by atoms with Crippen molar-refractivity contribution in [1.29, 1.82) is 0 Å². The van der Waals surface area contributed by atoms with Gasteiger partial charge < -0.3 is 15.5 Å². The summed E-state index contributed by atoms with van der Waals surface area (Å²) in [6.07, 6.45) is 11.7. The normalized spacial score (nSPS) is 18.8. The molecular weight excluding hydrogens is 412 g/mol. The SMILES string of the molecule is C[C@@H](CC1CCCCC1)NCc1ccccc1NC(=O)CN1CCN(c2ncccn2)CC1. The maximum atomic E-state index is 12.8. The van der Waals surface area contributed by atoms with E-state index in [4.69, 9.17) is 0 Å². The van der Waals surface area contributed by atoms with Crippen molar-refractivity contribution in [3.63, 3.8) is 0 Å². The van der Waals surface area contributed by atoms with E-state index in [1.807, 2.05) is 24.3 Å². The van der Waals surface area contributed by atoms with Gasteiger partial charge in [-0.15, -0.1) is 0 Å². The van der Waals surface area contributed by atoms with E-state index in [9.17, 15) is 4.79 Å². The third-order valence-corrected chi connectivity index (χ3v) is 6.92. The summed E-state index contributed by atoms with van der Waals surface area (Å²) >= 11 is 0. The van der Waals surface area contributed by atoms with Crippen LogP contribution in [0.2, 0.25) is 0 Å². The van der Waals surface area contributed by atoms with Crippen LogP contribution in [0.5, 0.6) is 0 Å². The number of hydrogen-bond acceptors (Lipinski definition) is 6. The summed E-state index contributed by atoms with van der Waals surface area (Å²) in [7, 11) is 0. The molecule has 1 aromatic heterocycles. The van der Waals surface area contributed by atoms with Crippen LogP contribution >= 0.6 is 0 Å². The maximum Gasteiger partial charge on any atom is 0.238 e. The highest BCUT2D eigenvalue weighted by molar-refractivity contribution is 5.93. The van der Waals surface area contributed by atoms with Crippen LogP contribution in [-0.2, 0) is 11.3 Å². The van der Waals surface area contributed by atoms with Crippen LogP contribution in [-0.4, -0.2) is 59.5 Å². The zero-order valence-corrected chi connectivity index (χ0v) is 19.9. The van der Waals surface area contributed by atoms with Gasteiger partial charge in [-0.1, -0.05) is 50.3 Å². The quantitative estimate of drug-likeness (QED) is 0.607. The molecule has 2 heterocycles. The van der Waals surface area contributed by atoms with Crippen molar-refractivity contribution in [3.8, 4) is 0 Å². The van der Waals surface area contributed by atoms with E-state index < -0.39 is 0 Å². The molecule has 7 nitrogen and oxygen atoms in total. The molecule has 2 aliphatic rings. The van der Waals surface area contributed by atoms with Gasteiger partial charge >= 0.3 is 0 Å². The first-order chi connectivity index (χ1) is 16.2. The van der Waals surface area contributed by atoms with E-state index in [1.165, 1.54) is 38.5 Å². The molecule has 33 heavy (non-hydrogen) atoms. The predicted molar refractivity (Wildman–Crippen MR) is 133 cm³/mol. The molecule has 1 aliphatic carbocycles. The molecule has 1 saturated heterocycles. The zero-order valence-electron chi connectivity index (χ0n) is 19.9. The number of benzene rings is 1. The van der Waals surface area contributed by atoms with Gasteiger partial charge in [-0.05, 0) is 37.0 Å². The summed E-state index contributed by atoms with van der Waals surface area (Å²) < 4.78 is 0. The number of carbonyl (C=O) groups is 1. The fourth-order valence-electron chi connectivity index (χ4n) is 5.04. The van der Waals surface area contributed by atoms with Gasteiger partial charge in [0.25, 0.3) is 0 Å². The molecule has 0 bridgehead atoms. The van der Waals surface area contributed by atoms with Crippen LogP contribution in [0.15, 0.2) is 42.7 Å². The number of nitrogens with zero attached hydrogens (tertiary/aromatic N) is 4. The highest BCUT2D eigenvalue weighted by atomic mass is 16.2. The van der Waals surface area contributed by atoms with Crippen molar-refractivity contribution in [2.75, 3.05) is 42.9 Å². The van der Waals surface area contributed by atoms with Crippen LogP contribution in [0, 0.1) is 5.92 Å². The van der Waals surface area contributed by atoms with E-state index in [0.717, 1.165) is 55.8 Å². The number of para-hydroxylation sites is 1. The molecule has 0 unspecified atom stereocenters. The lowest BCUT2D eigenvalue weighted by Gasteiger charge is -2.34. The third kappa shape index (κ3) is 7.24. The Morgan fingerprint density at radius 3 is 2.52 bits per heavy atom. The number of amides is 1. The molecule has 1 saturated carbocycles. The van der Waals surface area contributed by atoms with Gasteiger partial charge in [0.05, 0.1) is 6.54 Å². The lowest BCUT2D eigenvalue weighted by atomic mass is 9.85. The van der Waals surface area contributed by atoms with Crippen molar-refractivity contribution < 1.29 is 4.79 Å². The molecule has 7 heteroatoms. The van der Waals surface area contributed by atoms with Crippen LogP contribution in [0.25, 0.3) is 0 Å². The number of piperazine rings is 1. The number of nitrogens with one attached hydrogen (secondary N) is 2. The summed E-state index contributed by atoms with van der Waals surface area (Å²) in [5, 5.41) is 6.83. The molecule has 0 spiro atoms. The summed E-state index contributed by atoms with van der Waals surface area (Å²) in [6.45, 7) is 6.79. The van der Waals surface area contributed by atoms with E-state index in [0.29, 0.717) is 12.6 Å². The van der Waals surface area contributed by atoms with Crippen LogP contribution in [0.3, 0.4) is 0 Å². The topological polar surface area (TPSA) is 73.4 Å². The Hall–Kier alpha value is -2.51. The Kier molecular flexibility index (Phi) is 8.66. The van der Waals surface area contributed by atoms with Gasteiger partial charge in [0.2, 0.25) is 11.9 Å². The molecule has 178 valence electrons. The smallest absolute Gasteiger partial charge is 0.238 e. The second-order valence-electron chi connectivity index (χ2n) is 9.54. The Balaban J connectivity index is 1.22. The Bertz CT molecular complexity index is 862. The minimum atomic E-state index is 0.0436. The first-order valence-corrected chi connectivity index (χ1v) is 12.5. The van der Waals surface area contributed by atoms with Gasteiger partial charge in [0, 0.05) is 56.8 Å². The number of rotatable bonds is 9. The van der Waals surface area contributed by atoms with E-state index in [1.54, 1.807) is 12.4 Å². The van der Waals surface area contributed by atoms with Crippen LogP contribution in [0.1, 0.15) is 51.0 Å². The summed E-state index contributed by atoms with van der Waals surface area (Å²) in [6, 6.07) is 10.5. The molecule has 1 amide bonds. The van der Waals surface area contributed by atoms with Gasteiger partial charge in [-0.3, -0.25) is 9.69 Å². The van der Waals surface area contributed by atoms with Crippen LogP contribution in [0.4, 0.5) is 11.6 Å². The lowest BCUT2D eigenvalue weighted by Crippen LogP contribution is -2.49. The first-order valence-electron chi connectivity index (χ1n) is 12.5. The molecule has 0 radical (unpaired) electrons.